The van der Waals surface area contributed by atoms with E-state index in [1.807, 2.05) is 0 Å². The summed E-state index contributed by atoms with van der Waals surface area (Å²) in [5, 5.41) is 3.40. The molecule has 11 heavy (non-hydrogen) atoms. The fourth-order valence-electron chi connectivity index (χ4n) is 1.73. The fraction of sp³-hybridized carbons (Fsp3) is 1.00. The van der Waals surface area contributed by atoms with Gasteiger partial charge in [0.05, 0.1) is 6.10 Å². The second kappa shape index (κ2) is 2.76. The molecule has 1 heterocycles. The van der Waals surface area contributed by atoms with E-state index in [1.54, 1.807) is 0 Å². The average Bonchev–Trinajstić information content (AvgIpc) is 2.66. The van der Waals surface area contributed by atoms with Crippen LogP contribution in [-0.2, 0) is 4.74 Å². The Hall–Kier alpha value is -0.0800. The average molecular weight is 155 g/mol. The van der Waals surface area contributed by atoms with Gasteiger partial charge in [0, 0.05) is 12.1 Å². The molecule has 1 aliphatic carbocycles. The zero-order chi connectivity index (χ0) is 7.73. The van der Waals surface area contributed by atoms with Crippen molar-refractivity contribution >= 4 is 0 Å². The summed E-state index contributed by atoms with van der Waals surface area (Å²) in [5.74, 6) is 0. The van der Waals surface area contributed by atoms with Crippen LogP contribution in [0.1, 0.15) is 32.1 Å². The summed E-state index contributed by atoms with van der Waals surface area (Å²) in [4.78, 5) is 0. The molecule has 2 fully saturated rings. The predicted molar refractivity (Wildman–Crippen MR) is 44.6 cm³/mol. The first-order valence-corrected chi connectivity index (χ1v) is 4.65. The molecule has 2 nitrogen and oxygen atoms in total. The van der Waals surface area contributed by atoms with Crippen molar-refractivity contribution in [3.05, 3.63) is 0 Å². The van der Waals surface area contributed by atoms with Gasteiger partial charge >= 0.3 is 0 Å². The lowest BCUT2D eigenvalue weighted by atomic mass is 10.0. The van der Waals surface area contributed by atoms with E-state index in [1.165, 1.54) is 32.1 Å². The van der Waals surface area contributed by atoms with Crippen molar-refractivity contribution in [3.8, 4) is 0 Å². The molecule has 2 aliphatic rings. The zero-order valence-electron chi connectivity index (χ0n) is 7.23. The van der Waals surface area contributed by atoms with Crippen molar-refractivity contribution in [3.63, 3.8) is 0 Å². The molecule has 2 rings (SSSR count). The van der Waals surface area contributed by atoms with Crippen molar-refractivity contribution in [2.45, 2.75) is 43.7 Å². The standard InChI is InChI=1S/C9H17NO/c1-10-9(5-6-9)4-2-8-3-7-11-8/h8,10H,2-7H2,1H3. The van der Waals surface area contributed by atoms with Crippen LogP contribution in [0, 0.1) is 0 Å². The molecule has 0 spiro atoms. The lowest BCUT2D eigenvalue weighted by Crippen LogP contribution is -2.32. The monoisotopic (exact) mass is 155 g/mol. The SMILES string of the molecule is CNC1(CCC2CCO2)CC1. The van der Waals surface area contributed by atoms with E-state index in [0.717, 1.165) is 6.61 Å². The van der Waals surface area contributed by atoms with Crippen molar-refractivity contribution in [2.24, 2.45) is 0 Å². The summed E-state index contributed by atoms with van der Waals surface area (Å²) >= 11 is 0. The Morgan fingerprint density at radius 2 is 2.27 bits per heavy atom. The Kier molecular flexibility index (Phi) is 1.90. The lowest BCUT2D eigenvalue weighted by Gasteiger charge is -2.28. The summed E-state index contributed by atoms with van der Waals surface area (Å²) in [6, 6.07) is 0. The Bertz CT molecular complexity index is 138. The van der Waals surface area contributed by atoms with Crippen LogP contribution >= 0.6 is 0 Å². The first-order valence-electron chi connectivity index (χ1n) is 4.65. The molecule has 1 saturated heterocycles. The van der Waals surface area contributed by atoms with E-state index in [-0.39, 0.29) is 0 Å². The number of hydrogen-bond donors (Lipinski definition) is 1. The molecular formula is C9H17NO. The molecule has 1 unspecified atom stereocenters. The van der Waals surface area contributed by atoms with Gasteiger partial charge in [-0.1, -0.05) is 0 Å². The number of ether oxygens (including phenoxy) is 1. The van der Waals surface area contributed by atoms with Gasteiger partial charge < -0.3 is 10.1 Å². The topological polar surface area (TPSA) is 21.3 Å². The van der Waals surface area contributed by atoms with Crippen LogP contribution in [0.3, 0.4) is 0 Å². The number of nitrogens with one attached hydrogen (secondary N) is 1. The predicted octanol–water partition coefficient (Wildman–Crippen LogP) is 1.31. The first-order chi connectivity index (χ1) is 5.35. The minimum atomic E-state index is 0.527. The van der Waals surface area contributed by atoms with E-state index in [2.05, 4.69) is 12.4 Å². The van der Waals surface area contributed by atoms with Crippen LogP contribution in [0.15, 0.2) is 0 Å². The highest BCUT2D eigenvalue weighted by Gasteiger charge is 2.41. The highest BCUT2D eigenvalue weighted by Crippen LogP contribution is 2.40. The fourth-order valence-corrected chi connectivity index (χ4v) is 1.73. The summed E-state index contributed by atoms with van der Waals surface area (Å²) < 4.78 is 5.37. The van der Waals surface area contributed by atoms with Crippen LogP contribution < -0.4 is 5.32 Å². The zero-order valence-corrected chi connectivity index (χ0v) is 7.23. The molecule has 1 N–H and O–H groups in total. The Labute approximate surface area is 68.3 Å². The second-order valence-electron chi connectivity index (χ2n) is 3.85. The molecule has 0 bridgehead atoms. The van der Waals surface area contributed by atoms with E-state index >= 15 is 0 Å². The molecule has 1 saturated carbocycles. The first kappa shape index (κ1) is 7.56. The van der Waals surface area contributed by atoms with Gasteiger partial charge in [-0.25, -0.2) is 0 Å². The smallest absolute Gasteiger partial charge is 0.0597 e. The van der Waals surface area contributed by atoms with Gasteiger partial charge in [-0.2, -0.15) is 0 Å². The third kappa shape index (κ3) is 1.57. The largest absolute Gasteiger partial charge is 0.378 e. The van der Waals surface area contributed by atoms with E-state index in [9.17, 15) is 0 Å². The minimum absolute atomic E-state index is 0.527. The van der Waals surface area contributed by atoms with Gasteiger partial charge in [-0.3, -0.25) is 0 Å². The van der Waals surface area contributed by atoms with Crippen LogP contribution in [0.2, 0.25) is 0 Å². The van der Waals surface area contributed by atoms with Gasteiger partial charge in [0.2, 0.25) is 0 Å². The normalized spacial score (nSPS) is 33.0. The van der Waals surface area contributed by atoms with Crippen molar-refractivity contribution < 1.29 is 4.74 Å². The van der Waals surface area contributed by atoms with E-state index < -0.39 is 0 Å². The molecule has 0 amide bonds. The number of rotatable bonds is 4. The highest BCUT2D eigenvalue weighted by atomic mass is 16.5. The molecule has 0 aromatic carbocycles. The molecule has 2 heteroatoms. The van der Waals surface area contributed by atoms with Crippen molar-refractivity contribution in [1.29, 1.82) is 0 Å². The molecule has 0 aromatic rings. The van der Waals surface area contributed by atoms with Gasteiger partial charge in [-0.05, 0) is 39.2 Å². The molecule has 1 aliphatic heterocycles. The third-order valence-electron chi connectivity index (χ3n) is 3.12. The van der Waals surface area contributed by atoms with Crippen molar-refractivity contribution in [1.82, 2.24) is 5.32 Å². The van der Waals surface area contributed by atoms with E-state index in [0.29, 0.717) is 11.6 Å². The van der Waals surface area contributed by atoms with Crippen LogP contribution in [0.5, 0.6) is 0 Å². The Morgan fingerprint density at radius 3 is 2.64 bits per heavy atom. The second-order valence-corrected chi connectivity index (χ2v) is 3.85. The van der Waals surface area contributed by atoms with Gasteiger partial charge in [-0.15, -0.1) is 0 Å². The lowest BCUT2D eigenvalue weighted by molar-refractivity contribution is -0.0568. The summed E-state index contributed by atoms with van der Waals surface area (Å²) in [5.41, 5.74) is 0.527. The summed E-state index contributed by atoms with van der Waals surface area (Å²) in [6.07, 6.45) is 7.21. The minimum Gasteiger partial charge on any atom is -0.378 e. The highest BCUT2D eigenvalue weighted by molar-refractivity contribution is 5.01. The maximum absolute atomic E-state index is 5.37. The summed E-state index contributed by atoms with van der Waals surface area (Å²) in [6.45, 7) is 0.997. The van der Waals surface area contributed by atoms with E-state index in [4.69, 9.17) is 4.74 Å². The molecule has 0 radical (unpaired) electrons. The molecule has 0 aromatic heterocycles. The maximum atomic E-state index is 5.37. The molecule has 1 atom stereocenters. The Morgan fingerprint density at radius 1 is 1.55 bits per heavy atom. The maximum Gasteiger partial charge on any atom is 0.0597 e. The van der Waals surface area contributed by atoms with Gasteiger partial charge in [0.1, 0.15) is 0 Å². The summed E-state index contributed by atoms with van der Waals surface area (Å²) in [7, 11) is 2.08. The van der Waals surface area contributed by atoms with Crippen molar-refractivity contribution in [2.75, 3.05) is 13.7 Å². The van der Waals surface area contributed by atoms with Crippen LogP contribution in [-0.4, -0.2) is 25.3 Å². The van der Waals surface area contributed by atoms with Crippen LogP contribution in [0.25, 0.3) is 0 Å². The quantitative estimate of drug-likeness (QED) is 0.661. The third-order valence-corrected chi connectivity index (χ3v) is 3.12. The van der Waals surface area contributed by atoms with Gasteiger partial charge in [0.15, 0.2) is 0 Å². The van der Waals surface area contributed by atoms with Crippen LogP contribution in [0.4, 0.5) is 0 Å². The van der Waals surface area contributed by atoms with Gasteiger partial charge in [0.25, 0.3) is 0 Å². The number of hydrogen-bond acceptors (Lipinski definition) is 2. The molecule has 64 valence electrons. The molecular weight excluding hydrogens is 138 g/mol. The Balaban J connectivity index is 1.65.